The molecule has 3 N–H and O–H groups in total. The fourth-order valence-corrected chi connectivity index (χ4v) is 0.590. The largest absolute Gasteiger partial charge is 3.00 e. The zero-order valence-corrected chi connectivity index (χ0v) is 15.0. The second-order valence-electron chi connectivity index (χ2n) is 3.85. The van der Waals surface area contributed by atoms with Crippen LogP contribution in [0.1, 0.15) is 20.8 Å². The first-order chi connectivity index (χ1) is 10.9. The molecule has 0 unspecified atom stereocenters. The van der Waals surface area contributed by atoms with Gasteiger partial charge in [0.1, 0.15) is 0 Å². The molecule has 0 radical (unpaired) electrons. The fraction of sp³-hybridized carbons (Fsp3) is 0.500. The van der Waals surface area contributed by atoms with Crippen molar-refractivity contribution in [2.45, 2.75) is 20.8 Å². The Morgan fingerprint density at radius 3 is 0.760 bits per heavy atom. The summed E-state index contributed by atoms with van der Waals surface area (Å²) in [5, 5.41) is 34.9. The molecule has 0 aromatic carbocycles. The number of carboxylic acids is 3. The molecule has 12 nitrogen and oxygen atoms in total. The number of carbonyl (C=O) groups excluding carboxylic acids is 6. The van der Waals surface area contributed by atoms with Crippen LogP contribution in [-0.2, 0) is 28.8 Å². The van der Waals surface area contributed by atoms with E-state index in [1.54, 1.807) is 0 Å². The van der Waals surface area contributed by atoms with Crippen molar-refractivity contribution in [3.63, 3.8) is 0 Å². The Hall–Kier alpha value is -2.65. The molecular weight excluding hydrogens is 357 g/mol. The molecule has 0 bridgehead atoms. The van der Waals surface area contributed by atoms with E-state index in [0.29, 0.717) is 0 Å². The van der Waals surface area contributed by atoms with Crippen LogP contribution in [-0.4, -0.2) is 72.6 Å². The van der Waals surface area contributed by atoms with Crippen LogP contribution in [0, 0.1) is 0 Å². The van der Waals surface area contributed by atoms with Gasteiger partial charge in [0, 0.05) is 20.8 Å². The number of aliphatic carboxylic acids is 3. The van der Waals surface area contributed by atoms with Crippen molar-refractivity contribution in [2.75, 3.05) is 19.6 Å². The predicted octanol–water partition coefficient (Wildman–Crippen LogP) is -6.76. The van der Waals surface area contributed by atoms with Gasteiger partial charge in [0.15, 0.2) is 0 Å². The van der Waals surface area contributed by atoms with E-state index >= 15 is 0 Å². The van der Waals surface area contributed by atoms with Crippen molar-refractivity contribution in [3.05, 3.63) is 0 Å². The molecule has 3 amide bonds. The molecule has 13 heteroatoms. The second-order valence-corrected chi connectivity index (χ2v) is 3.85. The third kappa shape index (κ3) is 52.4. The standard InChI is InChI=1S/3C4H7NO3.Al/c3*1-3(6)5-2-4(7)8;/h3*2H2,1H3,(H,5,6)(H,7,8);/q;;;+3/p-3. The van der Waals surface area contributed by atoms with E-state index in [4.69, 9.17) is 0 Å². The Kier molecular flexibility index (Phi) is 23.5. The number of hydrogen-bond donors (Lipinski definition) is 3. The molecule has 0 aromatic heterocycles. The monoisotopic (exact) mass is 375 g/mol. The average Bonchev–Trinajstić information content (AvgIpc) is 2.42. The minimum Gasteiger partial charge on any atom is -0.548 e. The van der Waals surface area contributed by atoms with Gasteiger partial charge in [0.25, 0.3) is 0 Å². The zero-order chi connectivity index (χ0) is 19.7. The average molecular weight is 375 g/mol. The third-order valence-electron chi connectivity index (χ3n) is 1.45. The van der Waals surface area contributed by atoms with E-state index in [-0.39, 0.29) is 35.1 Å². The zero-order valence-electron chi connectivity index (χ0n) is 13.9. The quantitative estimate of drug-likeness (QED) is 0.376. The van der Waals surface area contributed by atoms with Crippen LogP contribution in [0.4, 0.5) is 0 Å². The van der Waals surface area contributed by atoms with Crippen molar-refractivity contribution < 1.29 is 44.1 Å². The van der Waals surface area contributed by atoms with Crippen LogP contribution >= 0.6 is 0 Å². The summed E-state index contributed by atoms with van der Waals surface area (Å²) < 4.78 is 0. The first-order valence-electron chi connectivity index (χ1n) is 6.21. The van der Waals surface area contributed by atoms with Gasteiger partial charge < -0.3 is 45.7 Å². The number of hydrogen-bond acceptors (Lipinski definition) is 9. The van der Waals surface area contributed by atoms with Crippen molar-refractivity contribution in [2.24, 2.45) is 0 Å². The smallest absolute Gasteiger partial charge is 0.548 e. The summed E-state index contributed by atoms with van der Waals surface area (Å²) in [6.07, 6.45) is 0. The summed E-state index contributed by atoms with van der Waals surface area (Å²) in [4.78, 5) is 58.6. The van der Waals surface area contributed by atoms with Gasteiger partial charge in [-0.05, 0) is 0 Å². The third-order valence-corrected chi connectivity index (χ3v) is 1.45. The number of rotatable bonds is 6. The molecule has 0 saturated carbocycles. The summed E-state index contributed by atoms with van der Waals surface area (Å²) in [7, 11) is 0. The van der Waals surface area contributed by atoms with Crippen molar-refractivity contribution in [1.29, 1.82) is 0 Å². The summed E-state index contributed by atoms with van der Waals surface area (Å²) in [5.41, 5.74) is 0. The van der Waals surface area contributed by atoms with Gasteiger partial charge in [-0.3, -0.25) is 14.4 Å². The van der Waals surface area contributed by atoms with Crippen LogP contribution in [0.5, 0.6) is 0 Å². The number of carboxylic acid groups (broad SMARTS) is 3. The van der Waals surface area contributed by atoms with Gasteiger partial charge in [-0.1, -0.05) is 0 Å². The normalized spacial score (nSPS) is 7.80. The summed E-state index contributed by atoms with van der Waals surface area (Å²) in [5.74, 6) is -4.93. The van der Waals surface area contributed by atoms with Gasteiger partial charge in [-0.15, -0.1) is 0 Å². The Morgan fingerprint density at radius 1 is 0.560 bits per heavy atom. The molecule has 0 aliphatic carbocycles. The summed E-state index contributed by atoms with van der Waals surface area (Å²) >= 11 is 0. The van der Waals surface area contributed by atoms with Gasteiger partial charge in [-0.2, -0.15) is 0 Å². The molecule has 0 spiro atoms. The summed E-state index contributed by atoms with van der Waals surface area (Å²) in [6.45, 7) is 2.49. The van der Waals surface area contributed by atoms with Crippen LogP contribution in [0.3, 0.4) is 0 Å². The van der Waals surface area contributed by atoms with Crippen molar-refractivity contribution >= 4 is 53.0 Å². The Labute approximate surface area is 154 Å². The molecule has 0 saturated heterocycles. The summed E-state index contributed by atoms with van der Waals surface area (Å²) in [6, 6.07) is 0. The molecular formula is C12H18AlN3O9. The van der Waals surface area contributed by atoms with Gasteiger partial charge in [0.2, 0.25) is 17.7 Å². The van der Waals surface area contributed by atoms with E-state index in [9.17, 15) is 44.1 Å². The Bertz CT molecular complexity index is 360. The molecule has 0 atom stereocenters. The topological polar surface area (TPSA) is 208 Å². The van der Waals surface area contributed by atoms with Crippen molar-refractivity contribution in [1.82, 2.24) is 16.0 Å². The molecule has 25 heavy (non-hydrogen) atoms. The van der Waals surface area contributed by atoms with E-state index in [0.717, 1.165) is 0 Å². The van der Waals surface area contributed by atoms with E-state index in [1.165, 1.54) is 20.8 Å². The maximum Gasteiger partial charge on any atom is 3.00 e. The maximum absolute atomic E-state index is 9.95. The number of nitrogens with one attached hydrogen (secondary N) is 3. The van der Waals surface area contributed by atoms with Gasteiger partial charge in [0.05, 0.1) is 37.5 Å². The van der Waals surface area contributed by atoms with Gasteiger partial charge >= 0.3 is 17.4 Å². The van der Waals surface area contributed by atoms with Gasteiger partial charge in [-0.25, -0.2) is 0 Å². The molecule has 0 heterocycles. The first-order valence-corrected chi connectivity index (χ1v) is 6.21. The Morgan fingerprint density at radius 2 is 0.720 bits per heavy atom. The molecule has 0 rings (SSSR count). The molecule has 0 aliphatic heterocycles. The second kappa shape index (κ2) is 19.4. The van der Waals surface area contributed by atoms with E-state index in [1.807, 2.05) is 16.0 Å². The van der Waals surface area contributed by atoms with Crippen LogP contribution in [0.2, 0.25) is 0 Å². The molecule has 0 aliphatic rings. The maximum atomic E-state index is 9.95. The van der Waals surface area contributed by atoms with Crippen LogP contribution < -0.4 is 31.3 Å². The predicted molar refractivity (Wildman–Crippen MR) is 76.8 cm³/mol. The fourth-order valence-electron chi connectivity index (χ4n) is 0.590. The van der Waals surface area contributed by atoms with E-state index < -0.39 is 37.5 Å². The SMILES string of the molecule is CC(=O)NCC(=O)[O-].CC(=O)NCC(=O)[O-].CC(=O)NCC(=O)[O-].[Al+3]. The molecule has 0 aromatic rings. The van der Waals surface area contributed by atoms with Crippen LogP contribution in [0.25, 0.3) is 0 Å². The molecule has 0 fully saturated rings. The number of amides is 3. The first kappa shape index (κ1) is 30.3. The minimum atomic E-state index is -1.28. The minimum absolute atomic E-state index is 0. The number of carbonyl (C=O) groups is 6. The van der Waals surface area contributed by atoms with E-state index in [2.05, 4.69) is 0 Å². The van der Waals surface area contributed by atoms with Crippen LogP contribution in [0.15, 0.2) is 0 Å². The molecule has 138 valence electrons. The van der Waals surface area contributed by atoms with Crippen molar-refractivity contribution in [3.8, 4) is 0 Å². The Balaban J connectivity index is -0.000000130.